The zero-order chi connectivity index (χ0) is 15.4. The molecular weight excluding hydrogens is 298 g/mol. The predicted octanol–water partition coefficient (Wildman–Crippen LogP) is 1.36. The molecule has 0 unspecified atom stereocenters. The molecule has 1 aromatic heterocycles. The highest BCUT2D eigenvalue weighted by molar-refractivity contribution is 7.99. The molecule has 0 bridgehead atoms. The maximum Gasteiger partial charge on any atom is 0.236 e. The van der Waals surface area contributed by atoms with Crippen LogP contribution in [0.4, 0.5) is 0 Å². The highest BCUT2D eigenvalue weighted by atomic mass is 32.2. The van der Waals surface area contributed by atoms with Crippen LogP contribution in [0, 0.1) is 0 Å². The molecule has 0 saturated carbocycles. The van der Waals surface area contributed by atoms with Gasteiger partial charge in [-0.25, -0.2) is 0 Å². The first-order valence-corrected chi connectivity index (χ1v) is 9.18. The number of piperazine rings is 1. The van der Waals surface area contributed by atoms with Gasteiger partial charge in [0, 0.05) is 38.0 Å². The first-order valence-electron chi connectivity index (χ1n) is 8.03. The summed E-state index contributed by atoms with van der Waals surface area (Å²) in [5.41, 5.74) is 0. The number of amides is 1. The molecule has 0 aromatic carbocycles. The zero-order valence-electron chi connectivity index (χ0n) is 13.2. The average Bonchev–Trinajstić information content (AvgIpc) is 3.21. The van der Waals surface area contributed by atoms with E-state index in [0.717, 1.165) is 38.5 Å². The molecule has 1 amide bonds. The Kier molecular flexibility index (Phi) is 5.44. The number of furan rings is 1. The van der Waals surface area contributed by atoms with Crippen LogP contribution in [-0.4, -0.2) is 77.9 Å². The third-order valence-corrected chi connectivity index (χ3v) is 5.74. The smallest absolute Gasteiger partial charge is 0.236 e. The van der Waals surface area contributed by atoms with Crippen LogP contribution in [0.2, 0.25) is 0 Å². The van der Waals surface area contributed by atoms with Gasteiger partial charge < -0.3 is 9.32 Å². The SMILES string of the molecule is CN(CC(=O)N1CCN(Cc2ccco2)CC1)[C@@H]1CCSC1. The first kappa shape index (κ1) is 15.9. The summed E-state index contributed by atoms with van der Waals surface area (Å²) in [6.07, 6.45) is 2.93. The predicted molar refractivity (Wildman–Crippen MR) is 88.9 cm³/mol. The van der Waals surface area contributed by atoms with Crippen molar-refractivity contribution in [3.8, 4) is 0 Å². The standard InChI is InChI=1S/C16H25N3O2S/c1-17(14-4-10-22-13-14)12-16(20)19-7-5-18(6-8-19)11-15-3-2-9-21-15/h2-3,9,14H,4-8,10-13H2,1H3/t14-/m1/s1. The van der Waals surface area contributed by atoms with Crippen molar-refractivity contribution in [2.45, 2.75) is 19.0 Å². The van der Waals surface area contributed by atoms with Crippen LogP contribution >= 0.6 is 11.8 Å². The van der Waals surface area contributed by atoms with Gasteiger partial charge in [0.25, 0.3) is 0 Å². The van der Waals surface area contributed by atoms with Gasteiger partial charge in [-0.15, -0.1) is 0 Å². The van der Waals surface area contributed by atoms with E-state index in [4.69, 9.17) is 4.42 Å². The maximum absolute atomic E-state index is 12.4. The van der Waals surface area contributed by atoms with Crippen LogP contribution in [-0.2, 0) is 11.3 Å². The molecule has 1 atom stereocenters. The van der Waals surface area contributed by atoms with Gasteiger partial charge in [-0.05, 0) is 31.4 Å². The third-order valence-electron chi connectivity index (χ3n) is 4.60. The van der Waals surface area contributed by atoms with Crippen LogP contribution in [0.3, 0.4) is 0 Å². The Bertz CT molecular complexity index is 466. The lowest BCUT2D eigenvalue weighted by Gasteiger charge is -2.35. The average molecular weight is 323 g/mol. The van der Waals surface area contributed by atoms with E-state index in [1.807, 2.05) is 28.8 Å². The van der Waals surface area contributed by atoms with E-state index in [1.165, 1.54) is 17.9 Å². The molecule has 5 nitrogen and oxygen atoms in total. The van der Waals surface area contributed by atoms with Gasteiger partial charge in [-0.2, -0.15) is 11.8 Å². The maximum atomic E-state index is 12.4. The Balaban J connectivity index is 1.41. The van der Waals surface area contributed by atoms with Crippen LogP contribution in [0.15, 0.2) is 22.8 Å². The van der Waals surface area contributed by atoms with E-state index in [9.17, 15) is 4.79 Å². The summed E-state index contributed by atoms with van der Waals surface area (Å²) < 4.78 is 5.39. The van der Waals surface area contributed by atoms with E-state index < -0.39 is 0 Å². The molecule has 122 valence electrons. The minimum absolute atomic E-state index is 0.275. The molecule has 1 aromatic rings. The second-order valence-electron chi connectivity index (χ2n) is 6.17. The molecule has 0 radical (unpaired) electrons. The van der Waals surface area contributed by atoms with Gasteiger partial charge in [-0.3, -0.25) is 14.6 Å². The number of nitrogens with zero attached hydrogens (tertiary/aromatic N) is 3. The third kappa shape index (κ3) is 4.06. The van der Waals surface area contributed by atoms with Crippen LogP contribution in [0.5, 0.6) is 0 Å². The van der Waals surface area contributed by atoms with Gasteiger partial charge in [0.15, 0.2) is 0 Å². The van der Waals surface area contributed by atoms with Crippen molar-refractivity contribution in [1.29, 1.82) is 0 Å². The van der Waals surface area contributed by atoms with Crippen molar-refractivity contribution in [3.63, 3.8) is 0 Å². The molecular formula is C16H25N3O2S. The van der Waals surface area contributed by atoms with Gasteiger partial charge >= 0.3 is 0 Å². The molecule has 0 aliphatic carbocycles. The van der Waals surface area contributed by atoms with Gasteiger partial charge in [0.05, 0.1) is 19.4 Å². The lowest BCUT2D eigenvalue weighted by atomic mass is 10.2. The highest BCUT2D eigenvalue weighted by Gasteiger charge is 2.26. The summed E-state index contributed by atoms with van der Waals surface area (Å²) in [7, 11) is 2.08. The number of hydrogen-bond donors (Lipinski definition) is 0. The summed E-state index contributed by atoms with van der Waals surface area (Å²) >= 11 is 1.99. The minimum Gasteiger partial charge on any atom is -0.468 e. The Morgan fingerprint density at radius 1 is 1.41 bits per heavy atom. The van der Waals surface area contributed by atoms with E-state index in [-0.39, 0.29) is 5.91 Å². The van der Waals surface area contributed by atoms with Crippen molar-refractivity contribution in [2.75, 3.05) is 51.3 Å². The van der Waals surface area contributed by atoms with Crippen molar-refractivity contribution in [2.24, 2.45) is 0 Å². The van der Waals surface area contributed by atoms with Gasteiger partial charge in [0.2, 0.25) is 5.91 Å². The van der Waals surface area contributed by atoms with Crippen molar-refractivity contribution in [3.05, 3.63) is 24.2 Å². The van der Waals surface area contributed by atoms with Gasteiger partial charge in [-0.1, -0.05) is 0 Å². The van der Waals surface area contributed by atoms with Crippen LogP contribution in [0.25, 0.3) is 0 Å². The summed E-state index contributed by atoms with van der Waals surface area (Å²) in [5.74, 6) is 3.67. The normalized spacial score (nSPS) is 23.4. The molecule has 6 heteroatoms. The molecule has 2 saturated heterocycles. The van der Waals surface area contributed by atoms with Crippen LogP contribution in [0.1, 0.15) is 12.2 Å². The monoisotopic (exact) mass is 323 g/mol. The quantitative estimate of drug-likeness (QED) is 0.818. The Morgan fingerprint density at radius 3 is 2.86 bits per heavy atom. The Morgan fingerprint density at radius 2 is 2.23 bits per heavy atom. The molecule has 22 heavy (non-hydrogen) atoms. The summed E-state index contributed by atoms with van der Waals surface area (Å²) in [4.78, 5) is 19.0. The first-order chi connectivity index (χ1) is 10.7. The van der Waals surface area contributed by atoms with Crippen molar-refractivity contribution >= 4 is 17.7 Å². The van der Waals surface area contributed by atoms with E-state index in [0.29, 0.717) is 12.6 Å². The summed E-state index contributed by atoms with van der Waals surface area (Å²) in [6.45, 7) is 4.90. The Hall–Kier alpha value is -0.980. The van der Waals surface area contributed by atoms with Crippen molar-refractivity contribution in [1.82, 2.24) is 14.7 Å². The number of rotatable bonds is 5. The second kappa shape index (κ2) is 7.53. The van der Waals surface area contributed by atoms with E-state index in [2.05, 4.69) is 16.8 Å². The molecule has 2 aliphatic rings. The lowest BCUT2D eigenvalue weighted by Crippen LogP contribution is -2.51. The van der Waals surface area contributed by atoms with E-state index >= 15 is 0 Å². The molecule has 2 aliphatic heterocycles. The fraction of sp³-hybridized carbons (Fsp3) is 0.688. The fourth-order valence-corrected chi connectivity index (χ4v) is 4.39. The molecule has 2 fully saturated rings. The highest BCUT2D eigenvalue weighted by Crippen LogP contribution is 2.21. The fourth-order valence-electron chi connectivity index (χ4n) is 3.09. The summed E-state index contributed by atoms with van der Waals surface area (Å²) in [5, 5.41) is 0. The molecule has 0 spiro atoms. The minimum atomic E-state index is 0.275. The summed E-state index contributed by atoms with van der Waals surface area (Å²) in [6, 6.07) is 4.51. The van der Waals surface area contributed by atoms with E-state index in [1.54, 1.807) is 6.26 Å². The zero-order valence-corrected chi connectivity index (χ0v) is 14.1. The topological polar surface area (TPSA) is 39.9 Å². The van der Waals surface area contributed by atoms with Crippen molar-refractivity contribution < 1.29 is 9.21 Å². The number of likely N-dealkylation sites (N-methyl/N-ethyl adjacent to an activating group) is 1. The van der Waals surface area contributed by atoms with Crippen LogP contribution < -0.4 is 0 Å². The second-order valence-corrected chi connectivity index (χ2v) is 7.32. The molecule has 3 heterocycles. The largest absolute Gasteiger partial charge is 0.468 e. The number of hydrogen-bond acceptors (Lipinski definition) is 5. The number of carbonyl (C=O) groups excluding carboxylic acids is 1. The Labute approximate surface area is 136 Å². The molecule has 3 rings (SSSR count). The lowest BCUT2D eigenvalue weighted by molar-refractivity contribution is -0.134. The number of carbonyl (C=O) groups is 1. The number of thioether (sulfide) groups is 1. The van der Waals surface area contributed by atoms with Gasteiger partial charge in [0.1, 0.15) is 5.76 Å². The molecule has 0 N–H and O–H groups in total.